The molecule has 3 rings (SSSR count). The lowest BCUT2D eigenvalue weighted by Crippen LogP contribution is -2.26. The van der Waals surface area contributed by atoms with Crippen LogP contribution in [0.2, 0.25) is 5.02 Å². The molecule has 1 saturated heterocycles. The first-order chi connectivity index (χ1) is 14.6. The normalized spacial score (nSPS) is 17.1. The molecule has 2 aromatic rings. The molecule has 1 aromatic carbocycles. The number of anilines is 1. The summed E-state index contributed by atoms with van der Waals surface area (Å²) >= 11 is 6.40. The smallest absolute Gasteiger partial charge is 0.292 e. The number of aromatic nitrogens is 2. The minimum absolute atomic E-state index is 0.155. The highest BCUT2D eigenvalue weighted by molar-refractivity contribution is 6.32. The van der Waals surface area contributed by atoms with Crippen LogP contribution in [0.25, 0.3) is 17.8 Å². The highest BCUT2D eigenvalue weighted by Gasteiger charge is 2.16. The molecule has 0 unspecified atom stereocenters. The van der Waals surface area contributed by atoms with Crippen molar-refractivity contribution in [2.45, 2.75) is 39.5 Å². The van der Waals surface area contributed by atoms with E-state index in [1.54, 1.807) is 6.20 Å². The highest BCUT2D eigenvalue weighted by atomic mass is 35.5. The minimum atomic E-state index is -0.330. The van der Waals surface area contributed by atoms with Crippen molar-refractivity contribution in [2.24, 2.45) is 5.92 Å². The second-order valence-electron chi connectivity index (χ2n) is 7.56. The third kappa shape index (κ3) is 5.61. The molecule has 1 N–H and O–H groups in total. The van der Waals surface area contributed by atoms with Gasteiger partial charge in [-0.25, -0.2) is 0 Å². The Morgan fingerprint density at radius 1 is 1.33 bits per heavy atom. The topological polar surface area (TPSA) is 56.1 Å². The zero-order chi connectivity index (χ0) is 21.3. The SMILES string of the molecule is C/C=C\c1ccc(-n2ncc(NC[C@@H]3CCCOC3)c(Cl)c2=O)cc1/C=C/CCC. The van der Waals surface area contributed by atoms with Gasteiger partial charge in [-0.3, -0.25) is 4.79 Å². The van der Waals surface area contributed by atoms with Crippen molar-refractivity contribution in [1.29, 1.82) is 0 Å². The van der Waals surface area contributed by atoms with E-state index in [1.165, 1.54) is 4.68 Å². The molecule has 0 aliphatic carbocycles. The Kier molecular flexibility index (Phi) is 8.29. The predicted octanol–water partition coefficient (Wildman–Crippen LogP) is 5.57. The van der Waals surface area contributed by atoms with Crippen molar-refractivity contribution in [3.8, 4) is 5.69 Å². The van der Waals surface area contributed by atoms with E-state index in [0.29, 0.717) is 17.3 Å². The summed E-state index contributed by atoms with van der Waals surface area (Å²) in [6.07, 6.45) is 14.2. The lowest BCUT2D eigenvalue weighted by molar-refractivity contribution is 0.0595. The molecule has 0 spiro atoms. The molecule has 1 aromatic heterocycles. The molecule has 1 atom stereocenters. The summed E-state index contributed by atoms with van der Waals surface area (Å²) in [4.78, 5) is 12.9. The van der Waals surface area contributed by atoms with E-state index >= 15 is 0 Å². The van der Waals surface area contributed by atoms with Gasteiger partial charge in [-0.15, -0.1) is 0 Å². The number of allylic oxidation sites excluding steroid dienone is 2. The zero-order valence-corrected chi connectivity index (χ0v) is 18.5. The molecule has 160 valence electrons. The van der Waals surface area contributed by atoms with E-state index in [1.807, 2.05) is 31.2 Å². The number of ether oxygens (including phenoxy) is 1. The predicted molar refractivity (Wildman–Crippen MR) is 126 cm³/mol. The Labute approximate surface area is 183 Å². The lowest BCUT2D eigenvalue weighted by atomic mass is 10.0. The van der Waals surface area contributed by atoms with Gasteiger partial charge in [-0.2, -0.15) is 9.78 Å². The number of nitrogens with zero attached hydrogens (tertiary/aromatic N) is 2. The van der Waals surface area contributed by atoms with Crippen LogP contribution in [0.3, 0.4) is 0 Å². The molecule has 5 nitrogen and oxygen atoms in total. The van der Waals surface area contributed by atoms with Gasteiger partial charge < -0.3 is 10.1 Å². The number of hydrogen-bond donors (Lipinski definition) is 1. The Morgan fingerprint density at radius 2 is 2.20 bits per heavy atom. The van der Waals surface area contributed by atoms with Crippen LogP contribution in [0.1, 0.15) is 50.7 Å². The summed E-state index contributed by atoms with van der Waals surface area (Å²) in [5.41, 5.74) is 3.07. The van der Waals surface area contributed by atoms with Gasteiger partial charge in [0.1, 0.15) is 5.02 Å². The first kappa shape index (κ1) is 22.3. The van der Waals surface area contributed by atoms with Gasteiger partial charge in [-0.1, -0.05) is 55.3 Å². The highest BCUT2D eigenvalue weighted by Crippen LogP contribution is 2.21. The average molecular weight is 428 g/mol. The van der Waals surface area contributed by atoms with Crippen LogP contribution in [0.4, 0.5) is 5.69 Å². The zero-order valence-electron chi connectivity index (χ0n) is 17.7. The third-order valence-electron chi connectivity index (χ3n) is 5.17. The molecule has 1 aliphatic heterocycles. The van der Waals surface area contributed by atoms with Gasteiger partial charge in [-0.05, 0) is 55.4 Å². The van der Waals surface area contributed by atoms with Crippen molar-refractivity contribution in [3.63, 3.8) is 0 Å². The van der Waals surface area contributed by atoms with Gasteiger partial charge >= 0.3 is 0 Å². The van der Waals surface area contributed by atoms with E-state index in [-0.39, 0.29) is 10.6 Å². The fourth-order valence-corrected chi connectivity index (χ4v) is 3.70. The van der Waals surface area contributed by atoms with Crippen LogP contribution in [0, 0.1) is 5.92 Å². The maximum Gasteiger partial charge on any atom is 0.292 e. The summed E-state index contributed by atoms with van der Waals surface area (Å²) in [6, 6.07) is 5.86. The molecule has 6 heteroatoms. The summed E-state index contributed by atoms with van der Waals surface area (Å²) in [7, 11) is 0. The first-order valence-electron chi connectivity index (χ1n) is 10.7. The Hall–Kier alpha value is -2.37. The van der Waals surface area contributed by atoms with Crippen LogP contribution in [-0.2, 0) is 4.74 Å². The fraction of sp³-hybridized carbons (Fsp3) is 0.417. The van der Waals surface area contributed by atoms with Crippen molar-refractivity contribution >= 4 is 29.4 Å². The fourth-order valence-electron chi connectivity index (χ4n) is 3.51. The first-order valence-corrected chi connectivity index (χ1v) is 11.0. The van der Waals surface area contributed by atoms with Gasteiger partial charge in [0, 0.05) is 13.2 Å². The minimum Gasteiger partial charge on any atom is -0.382 e. The van der Waals surface area contributed by atoms with E-state index in [4.69, 9.17) is 16.3 Å². The van der Waals surface area contributed by atoms with Crippen LogP contribution in [-0.4, -0.2) is 29.5 Å². The lowest BCUT2D eigenvalue weighted by Gasteiger charge is -2.22. The molecule has 0 radical (unpaired) electrons. The van der Waals surface area contributed by atoms with Crippen LogP contribution >= 0.6 is 11.6 Å². The van der Waals surface area contributed by atoms with Crippen LogP contribution in [0.15, 0.2) is 41.3 Å². The number of hydrogen-bond acceptors (Lipinski definition) is 4. The van der Waals surface area contributed by atoms with E-state index < -0.39 is 0 Å². The average Bonchev–Trinajstić information content (AvgIpc) is 2.77. The quantitative estimate of drug-likeness (QED) is 0.598. The van der Waals surface area contributed by atoms with Gasteiger partial charge in [0.05, 0.1) is 24.2 Å². The summed E-state index contributed by atoms with van der Waals surface area (Å²) in [5.74, 6) is 0.425. The molecular weight excluding hydrogens is 398 g/mol. The number of halogens is 1. The molecule has 0 amide bonds. The van der Waals surface area contributed by atoms with Crippen molar-refractivity contribution in [1.82, 2.24) is 9.78 Å². The second-order valence-corrected chi connectivity index (χ2v) is 7.94. The molecule has 2 heterocycles. The second kappa shape index (κ2) is 11.1. The monoisotopic (exact) mass is 427 g/mol. The molecule has 0 bridgehead atoms. The van der Waals surface area contributed by atoms with Gasteiger partial charge in [0.2, 0.25) is 0 Å². The van der Waals surface area contributed by atoms with E-state index in [9.17, 15) is 4.79 Å². The molecule has 1 fully saturated rings. The molecule has 0 saturated carbocycles. The molecular formula is C24H30ClN3O2. The Bertz CT molecular complexity index is 959. The summed E-state index contributed by atoms with van der Waals surface area (Å²) in [5, 5.41) is 7.79. The number of rotatable bonds is 8. The Balaban J connectivity index is 1.85. The molecule has 30 heavy (non-hydrogen) atoms. The maximum atomic E-state index is 12.9. The van der Waals surface area contributed by atoms with Crippen LogP contribution < -0.4 is 10.9 Å². The van der Waals surface area contributed by atoms with Gasteiger partial charge in [0.15, 0.2) is 0 Å². The van der Waals surface area contributed by atoms with E-state index in [2.05, 4.69) is 35.6 Å². The van der Waals surface area contributed by atoms with Crippen LogP contribution in [0.5, 0.6) is 0 Å². The standard InChI is InChI=1S/C24H30ClN3O2/c1-3-5-6-10-20-14-21(12-11-19(20)8-4-2)28-24(29)23(25)22(16-27-28)26-15-18-9-7-13-30-17-18/h4,6,8,10-12,14,16,18,26H,3,5,7,9,13,15,17H2,1-2H3/b8-4-,10-6+/t18-/m0/s1. The number of nitrogens with one attached hydrogen (secondary N) is 1. The van der Waals surface area contributed by atoms with Crippen molar-refractivity contribution in [3.05, 3.63) is 63.1 Å². The molecule has 1 aliphatic rings. The van der Waals surface area contributed by atoms with Gasteiger partial charge in [0.25, 0.3) is 5.56 Å². The largest absolute Gasteiger partial charge is 0.382 e. The summed E-state index contributed by atoms with van der Waals surface area (Å²) < 4.78 is 6.86. The van der Waals surface area contributed by atoms with E-state index in [0.717, 1.165) is 56.6 Å². The number of unbranched alkanes of at least 4 members (excludes halogenated alkanes) is 1. The third-order valence-corrected chi connectivity index (χ3v) is 5.53. The number of benzene rings is 1. The summed E-state index contributed by atoms with van der Waals surface area (Å²) in [6.45, 7) is 6.43. The van der Waals surface area contributed by atoms with Crippen molar-refractivity contribution in [2.75, 3.05) is 25.1 Å². The Morgan fingerprint density at radius 3 is 2.93 bits per heavy atom. The van der Waals surface area contributed by atoms with Crippen molar-refractivity contribution < 1.29 is 4.74 Å². The maximum absolute atomic E-state index is 12.9.